The molecule has 88 valence electrons. The van der Waals surface area contributed by atoms with Crippen molar-refractivity contribution in [1.82, 2.24) is 10.2 Å². The van der Waals surface area contributed by atoms with Gasteiger partial charge in [-0.25, -0.2) is 4.39 Å². The van der Waals surface area contributed by atoms with E-state index in [4.69, 9.17) is 10.5 Å². The summed E-state index contributed by atoms with van der Waals surface area (Å²) in [6.07, 6.45) is 0. The molecular weight excluding hydrogens is 289 g/mol. The standard InChI is InChI=1S/C11H9BrFN3O/c12-7-3-8(13)5-10(4-7)17-11-2-1-9(6-14)15-16-11/h1-5H,6,14H2. The molecule has 17 heavy (non-hydrogen) atoms. The summed E-state index contributed by atoms with van der Waals surface area (Å²) in [5, 5.41) is 7.65. The van der Waals surface area contributed by atoms with Crippen LogP contribution in [-0.2, 0) is 6.54 Å². The fraction of sp³-hybridized carbons (Fsp3) is 0.0909. The largest absolute Gasteiger partial charge is 0.437 e. The zero-order valence-corrected chi connectivity index (χ0v) is 10.3. The van der Waals surface area contributed by atoms with Gasteiger partial charge in [0.25, 0.3) is 0 Å². The van der Waals surface area contributed by atoms with Crippen molar-refractivity contribution in [3.63, 3.8) is 0 Å². The van der Waals surface area contributed by atoms with Gasteiger partial charge in [0, 0.05) is 23.2 Å². The Morgan fingerprint density at radius 3 is 2.65 bits per heavy atom. The van der Waals surface area contributed by atoms with Crippen LogP contribution in [0.1, 0.15) is 5.69 Å². The molecule has 0 aliphatic rings. The van der Waals surface area contributed by atoms with Crippen molar-refractivity contribution in [1.29, 1.82) is 0 Å². The molecule has 6 heteroatoms. The molecule has 0 amide bonds. The Morgan fingerprint density at radius 1 is 1.24 bits per heavy atom. The maximum absolute atomic E-state index is 13.1. The Balaban J connectivity index is 2.19. The third-order valence-electron chi connectivity index (χ3n) is 1.96. The zero-order chi connectivity index (χ0) is 12.3. The number of aromatic nitrogens is 2. The molecular formula is C11H9BrFN3O. The van der Waals surface area contributed by atoms with E-state index in [9.17, 15) is 4.39 Å². The summed E-state index contributed by atoms with van der Waals surface area (Å²) in [6.45, 7) is 0.318. The highest BCUT2D eigenvalue weighted by molar-refractivity contribution is 9.10. The van der Waals surface area contributed by atoms with Gasteiger partial charge in [0.1, 0.15) is 11.6 Å². The van der Waals surface area contributed by atoms with Crippen LogP contribution in [-0.4, -0.2) is 10.2 Å². The lowest BCUT2D eigenvalue weighted by Crippen LogP contribution is -2.01. The molecule has 2 N–H and O–H groups in total. The molecule has 0 unspecified atom stereocenters. The van der Waals surface area contributed by atoms with E-state index in [2.05, 4.69) is 26.1 Å². The van der Waals surface area contributed by atoms with Gasteiger partial charge in [0.2, 0.25) is 5.88 Å². The number of nitrogens with two attached hydrogens (primary N) is 1. The minimum atomic E-state index is -0.388. The van der Waals surface area contributed by atoms with Crippen molar-refractivity contribution in [3.8, 4) is 11.6 Å². The minimum absolute atomic E-state index is 0.291. The van der Waals surface area contributed by atoms with Gasteiger partial charge >= 0.3 is 0 Å². The first-order chi connectivity index (χ1) is 8.17. The molecule has 0 fully saturated rings. The van der Waals surface area contributed by atoms with Crippen molar-refractivity contribution in [2.45, 2.75) is 6.54 Å². The van der Waals surface area contributed by atoms with Gasteiger partial charge in [-0.2, -0.15) is 5.10 Å². The predicted molar refractivity (Wildman–Crippen MR) is 64.1 cm³/mol. The second kappa shape index (κ2) is 5.20. The summed E-state index contributed by atoms with van der Waals surface area (Å²) in [6, 6.07) is 7.59. The SMILES string of the molecule is NCc1ccc(Oc2cc(F)cc(Br)c2)nn1. The second-order valence-electron chi connectivity index (χ2n) is 3.27. The summed E-state index contributed by atoms with van der Waals surface area (Å²) in [5.41, 5.74) is 6.06. The number of rotatable bonds is 3. The zero-order valence-electron chi connectivity index (χ0n) is 8.73. The number of nitrogens with zero attached hydrogens (tertiary/aromatic N) is 2. The van der Waals surface area contributed by atoms with Crippen LogP contribution in [0, 0.1) is 5.82 Å². The predicted octanol–water partition coefficient (Wildman–Crippen LogP) is 2.63. The molecule has 0 saturated heterocycles. The van der Waals surface area contributed by atoms with Crippen LogP contribution in [0.3, 0.4) is 0 Å². The van der Waals surface area contributed by atoms with E-state index in [1.807, 2.05) is 0 Å². The van der Waals surface area contributed by atoms with Crippen molar-refractivity contribution >= 4 is 15.9 Å². The Morgan fingerprint density at radius 2 is 2.06 bits per heavy atom. The van der Waals surface area contributed by atoms with Crippen LogP contribution in [0.2, 0.25) is 0 Å². The highest BCUT2D eigenvalue weighted by Crippen LogP contribution is 2.24. The number of hydrogen-bond acceptors (Lipinski definition) is 4. The molecule has 1 aromatic carbocycles. The highest BCUT2D eigenvalue weighted by Gasteiger charge is 2.03. The molecule has 4 nitrogen and oxygen atoms in total. The molecule has 0 radical (unpaired) electrons. The number of hydrogen-bond donors (Lipinski definition) is 1. The highest BCUT2D eigenvalue weighted by atomic mass is 79.9. The monoisotopic (exact) mass is 297 g/mol. The first-order valence-electron chi connectivity index (χ1n) is 4.84. The van der Waals surface area contributed by atoms with Crippen LogP contribution in [0.4, 0.5) is 4.39 Å². The van der Waals surface area contributed by atoms with Crippen LogP contribution >= 0.6 is 15.9 Å². The lowest BCUT2D eigenvalue weighted by Gasteiger charge is -2.05. The Hall–Kier alpha value is -1.53. The number of halogens is 2. The normalized spacial score (nSPS) is 10.3. The smallest absolute Gasteiger partial charge is 0.238 e. The summed E-state index contributed by atoms with van der Waals surface area (Å²) >= 11 is 3.18. The van der Waals surface area contributed by atoms with Gasteiger partial charge in [0.15, 0.2) is 0 Å². The average Bonchev–Trinajstić information content (AvgIpc) is 2.28. The van der Waals surface area contributed by atoms with E-state index < -0.39 is 0 Å². The van der Waals surface area contributed by atoms with Crippen LogP contribution < -0.4 is 10.5 Å². The Labute approximate surface area is 106 Å². The maximum Gasteiger partial charge on any atom is 0.238 e. The first-order valence-corrected chi connectivity index (χ1v) is 5.63. The second-order valence-corrected chi connectivity index (χ2v) is 4.19. The third kappa shape index (κ3) is 3.21. The summed E-state index contributed by atoms with van der Waals surface area (Å²) < 4.78 is 19.0. The van der Waals surface area contributed by atoms with E-state index in [0.29, 0.717) is 28.3 Å². The van der Waals surface area contributed by atoms with Gasteiger partial charge in [-0.1, -0.05) is 15.9 Å². The van der Waals surface area contributed by atoms with Gasteiger partial charge in [-0.3, -0.25) is 0 Å². The van der Waals surface area contributed by atoms with E-state index in [-0.39, 0.29) is 5.82 Å². The number of ether oxygens (including phenoxy) is 1. The van der Waals surface area contributed by atoms with Crippen molar-refractivity contribution < 1.29 is 9.13 Å². The fourth-order valence-corrected chi connectivity index (χ4v) is 1.66. The Kier molecular flexibility index (Phi) is 3.65. The van der Waals surface area contributed by atoms with Gasteiger partial charge in [-0.05, 0) is 18.2 Å². The van der Waals surface area contributed by atoms with Crippen LogP contribution in [0.15, 0.2) is 34.8 Å². The topological polar surface area (TPSA) is 61.0 Å². The molecule has 0 bridgehead atoms. The minimum Gasteiger partial charge on any atom is -0.437 e. The lowest BCUT2D eigenvalue weighted by atomic mass is 10.3. The van der Waals surface area contributed by atoms with E-state index >= 15 is 0 Å². The Bertz CT molecular complexity index is 498. The molecule has 0 atom stereocenters. The molecule has 0 spiro atoms. The van der Waals surface area contributed by atoms with Crippen molar-refractivity contribution in [2.24, 2.45) is 5.73 Å². The molecule has 1 aromatic heterocycles. The van der Waals surface area contributed by atoms with Crippen LogP contribution in [0.5, 0.6) is 11.6 Å². The fourth-order valence-electron chi connectivity index (χ4n) is 1.22. The molecule has 1 heterocycles. The summed E-state index contributed by atoms with van der Waals surface area (Å²) in [7, 11) is 0. The molecule has 0 aliphatic heterocycles. The first kappa shape index (κ1) is 11.9. The quantitative estimate of drug-likeness (QED) is 0.946. The molecule has 2 rings (SSSR count). The summed E-state index contributed by atoms with van der Waals surface area (Å²) in [4.78, 5) is 0. The molecule has 2 aromatic rings. The maximum atomic E-state index is 13.1. The third-order valence-corrected chi connectivity index (χ3v) is 2.42. The van der Waals surface area contributed by atoms with Crippen LogP contribution in [0.25, 0.3) is 0 Å². The van der Waals surface area contributed by atoms with Gasteiger partial charge < -0.3 is 10.5 Å². The summed E-state index contributed by atoms with van der Waals surface area (Å²) in [5.74, 6) is 0.257. The van der Waals surface area contributed by atoms with E-state index in [1.165, 1.54) is 12.1 Å². The van der Waals surface area contributed by atoms with E-state index in [0.717, 1.165) is 0 Å². The number of benzene rings is 1. The van der Waals surface area contributed by atoms with E-state index in [1.54, 1.807) is 18.2 Å². The van der Waals surface area contributed by atoms with Crippen molar-refractivity contribution in [2.75, 3.05) is 0 Å². The lowest BCUT2D eigenvalue weighted by molar-refractivity contribution is 0.449. The van der Waals surface area contributed by atoms with Gasteiger partial charge in [-0.15, -0.1) is 5.10 Å². The molecule has 0 saturated carbocycles. The average molecular weight is 298 g/mol. The van der Waals surface area contributed by atoms with Crippen molar-refractivity contribution in [3.05, 3.63) is 46.3 Å². The molecule has 0 aliphatic carbocycles. The van der Waals surface area contributed by atoms with Gasteiger partial charge in [0.05, 0.1) is 5.69 Å².